The van der Waals surface area contributed by atoms with E-state index >= 15 is 0 Å². The van der Waals surface area contributed by atoms with Gasteiger partial charge in [-0.3, -0.25) is 4.79 Å². The van der Waals surface area contributed by atoms with E-state index in [9.17, 15) is 9.59 Å². The molecule has 0 fully saturated rings. The summed E-state index contributed by atoms with van der Waals surface area (Å²) in [7, 11) is 0. The SMILES string of the molecule is CC[C@@H](NC(=O)c1ccnnc1)C(=O)O. The summed E-state index contributed by atoms with van der Waals surface area (Å²) in [6.07, 6.45) is 2.99. The van der Waals surface area contributed by atoms with Crippen molar-refractivity contribution in [1.82, 2.24) is 15.5 Å². The summed E-state index contributed by atoms with van der Waals surface area (Å²) in [4.78, 5) is 22.1. The lowest BCUT2D eigenvalue weighted by molar-refractivity contribution is -0.139. The van der Waals surface area contributed by atoms with Crippen molar-refractivity contribution in [2.75, 3.05) is 0 Å². The number of hydrogen-bond acceptors (Lipinski definition) is 4. The van der Waals surface area contributed by atoms with Gasteiger partial charge < -0.3 is 10.4 Å². The highest BCUT2D eigenvalue weighted by Crippen LogP contribution is 1.97. The van der Waals surface area contributed by atoms with E-state index < -0.39 is 17.9 Å². The maximum absolute atomic E-state index is 11.5. The summed E-state index contributed by atoms with van der Waals surface area (Å²) in [5.41, 5.74) is 0.296. The number of rotatable bonds is 4. The molecule has 1 aromatic heterocycles. The summed E-state index contributed by atoms with van der Waals surface area (Å²) >= 11 is 0. The summed E-state index contributed by atoms with van der Waals surface area (Å²) in [6.45, 7) is 1.68. The largest absolute Gasteiger partial charge is 0.480 e. The molecule has 0 unspecified atom stereocenters. The second kappa shape index (κ2) is 5.04. The summed E-state index contributed by atoms with van der Waals surface area (Å²) < 4.78 is 0. The summed E-state index contributed by atoms with van der Waals surface area (Å²) in [6, 6.07) is 0.599. The van der Waals surface area contributed by atoms with Crippen molar-refractivity contribution >= 4 is 11.9 Å². The number of nitrogens with one attached hydrogen (secondary N) is 1. The Kier molecular flexibility index (Phi) is 3.73. The second-order valence-corrected chi connectivity index (χ2v) is 2.90. The molecule has 0 saturated carbocycles. The molecule has 0 spiro atoms. The fourth-order valence-electron chi connectivity index (χ4n) is 1.01. The lowest BCUT2D eigenvalue weighted by Gasteiger charge is -2.11. The van der Waals surface area contributed by atoms with Crippen molar-refractivity contribution in [3.05, 3.63) is 24.0 Å². The lowest BCUT2D eigenvalue weighted by Crippen LogP contribution is -2.40. The predicted octanol–water partition coefficient (Wildman–Crippen LogP) is 0.0696. The first-order chi connectivity index (χ1) is 7.15. The van der Waals surface area contributed by atoms with Crippen LogP contribution in [0.15, 0.2) is 18.5 Å². The topological polar surface area (TPSA) is 92.2 Å². The number of carboxylic acids is 1. The first-order valence-electron chi connectivity index (χ1n) is 4.45. The molecule has 0 radical (unpaired) electrons. The van der Waals surface area contributed by atoms with Crippen molar-refractivity contribution in [3.8, 4) is 0 Å². The number of nitrogens with zero attached hydrogens (tertiary/aromatic N) is 2. The van der Waals surface area contributed by atoms with Crippen molar-refractivity contribution in [1.29, 1.82) is 0 Å². The number of amides is 1. The van der Waals surface area contributed by atoms with Crippen LogP contribution in [0.1, 0.15) is 23.7 Å². The molecule has 1 amide bonds. The van der Waals surface area contributed by atoms with E-state index in [1.54, 1.807) is 6.92 Å². The van der Waals surface area contributed by atoms with Crippen LogP contribution < -0.4 is 5.32 Å². The zero-order chi connectivity index (χ0) is 11.3. The van der Waals surface area contributed by atoms with Gasteiger partial charge >= 0.3 is 5.97 Å². The van der Waals surface area contributed by atoms with Gasteiger partial charge in [0, 0.05) is 0 Å². The Morgan fingerprint density at radius 1 is 1.53 bits per heavy atom. The molecule has 1 heterocycles. The van der Waals surface area contributed by atoms with Gasteiger partial charge in [-0.1, -0.05) is 6.92 Å². The Balaban J connectivity index is 2.67. The molecule has 0 aliphatic carbocycles. The van der Waals surface area contributed by atoms with Crippen molar-refractivity contribution in [2.24, 2.45) is 0 Å². The smallest absolute Gasteiger partial charge is 0.326 e. The molecule has 0 bridgehead atoms. The standard InChI is InChI=1S/C9H11N3O3/c1-2-7(9(14)15)12-8(13)6-3-4-10-11-5-6/h3-5,7H,2H2,1H3,(H,12,13)(H,14,15)/t7-/m1/s1. The molecule has 6 heteroatoms. The molecule has 1 atom stereocenters. The van der Waals surface area contributed by atoms with Gasteiger partial charge in [-0.15, -0.1) is 0 Å². The van der Waals surface area contributed by atoms with Crippen LogP contribution in [0.25, 0.3) is 0 Å². The molecule has 1 aromatic rings. The molecule has 0 aliphatic rings. The van der Waals surface area contributed by atoms with Gasteiger partial charge in [-0.25, -0.2) is 4.79 Å². The Labute approximate surface area is 86.3 Å². The third-order valence-electron chi connectivity index (χ3n) is 1.86. The van der Waals surface area contributed by atoms with Crippen LogP contribution in [0, 0.1) is 0 Å². The number of aromatic nitrogens is 2. The maximum atomic E-state index is 11.5. The van der Waals surface area contributed by atoms with Gasteiger partial charge in [0.05, 0.1) is 18.0 Å². The number of carboxylic acid groups (broad SMARTS) is 1. The van der Waals surface area contributed by atoms with Crippen molar-refractivity contribution in [3.63, 3.8) is 0 Å². The van der Waals surface area contributed by atoms with E-state index in [4.69, 9.17) is 5.11 Å². The zero-order valence-electron chi connectivity index (χ0n) is 8.17. The fourth-order valence-corrected chi connectivity index (χ4v) is 1.01. The molecule has 0 aliphatic heterocycles. The normalized spacial score (nSPS) is 11.8. The van der Waals surface area contributed by atoms with Crippen LogP contribution in [0.3, 0.4) is 0 Å². The highest BCUT2D eigenvalue weighted by molar-refractivity contribution is 5.96. The highest BCUT2D eigenvalue weighted by Gasteiger charge is 2.18. The Morgan fingerprint density at radius 3 is 2.73 bits per heavy atom. The third kappa shape index (κ3) is 3.01. The monoisotopic (exact) mass is 209 g/mol. The predicted molar refractivity (Wildman–Crippen MR) is 51.2 cm³/mol. The average Bonchev–Trinajstić information content (AvgIpc) is 2.26. The lowest BCUT2D eigenvalue weighted by atomic mass is 10.2. The second-order valence-electron chi connectivity index (χ2n) is 2.90. The van der Waals surface area contributed by atoms with Crippen LogP contribution in [0.5, 0.6) is 0 Å². The first-order valence-corrected chi connectivity index (χ1v) is 4.45. The number of carbonyl (C=O) groups is 2. The van der Waals surface area contributed by atoms with E-state index in [0.29, 0.717) is 12.0 Å². The molecule has 2 N–H and O–H groups in total. The third-order valence-corrected chi connectivity index (χ3v) is 1.86. The van der Waals surface area contributed by atoms with Gasteiger partial charge in [0.1, 0.15) is 6.04 Å². The van der Waals surface area contributed by atoms with Gasteiger partial charge in [0.2, 0.25) is 0 Å². The minimum Gasteiger partial charge on any atom is -0.480 e. The first kappa shape index (κ1) is 11.1. The van der Waals surface area contributed by atoms with E-state index in [0.717, 1.165) is 0 Å². The minimum absolute atomic E-state index is 0.296. The van der Waals surface area contributed by atoms with Crippen LogP contribution in [-0.4, -0.2) is 33.2 Å². The summed E-state index contributed by atoms with van der Waals surface area (Å²) in [5, 5.41) is 18.1. The van der Waals surface area contributed by atoms with Gasteiger partial charge in [-0.05, 0) is 12.5 Å². The average molecular weight is 209 g/mol. The van der Waals surface area contributed by atoms with Gasteiger partial charge in [0.15, 0.2) is 0 Å². The number of carbonyl (C=O) groups excluding carboxylic acids is 1. The quantitative estimate of drug-likeness (QED) is 0.732. The van der Waals surface area contributed by atoms with Crippen molar-refractivity contribution in [2.45, 2.75) is 19.4 Å². The molecule has 80 valence electrons. The molecule has 1 rings (SSSR count). The van der Waals surface area contributed by atoms with Crippen LogP contribution in [-0.2, 0) is 4.79 Å². The highest BCUT2D eigenvalue weighted by atomic mass is 16.4. The van der Waals surface area contributed by atoms with E-state index in [1.165, 1.54) is 18.5 Å². The molecule has 0 saturated heterocycles. The van der Waals surface area contributed by atoms with E-state index in [-0.39, 0.29) is 0 Å². The van der Waals surface area contributed by atoms with E-state index in [1.807, 2.05) is 0 Å². The molecule has 6 nitrogen and oxygen atoms in total. The molecular formula is C9H11N3O3. The zero-order valence-corrected chi connectivity index (χ0v) is 8.17. The Hall–Kier alpha value is -1.98. The van der Waals surface area contributed by atoms with Crippen LogP contribution >= 0.6 is 0 Å². The maximum Gasteiger partial charge on any atom is 0.326 e. The molecule has 0 aromatic carbocycles. The van der Waals surface area contributed by atoms with Crippen LogP contribution in [0.4, 0.5) is 0 Å². The number of aliphatic carboxylic acids is 1. The summed E-state index contributed by atoms with van der Waals surface area (Å²) in [5.74, 6) is -1.51. The molecular weight excluding hydrogens is 198 g/mol. The van der Waals surface area contributed by atoms with Crippen molar-refractivity contribution < 1.29 is 14.7 Å². The number of hydrogen-bond donors (Lipinski definition) is 2. The minimum atomic E-state index is -1.05. The van der Waals surface area contributed by atoms with Gasteiger partial charge in [0.25, 0.3) is 5.91 Å². The van der Waals surface area contributed by atoms with E-state index in [2.05, 4.69) is 15.5 Å². The Morgan fingerprint density at radius 2 is 2.27 bits per heavy atom. The molecule has 15 heavy (non-hydrogen) atoms. The fraction of sp³-hybridized carbons (Fsp3) is 0.333. The van der Waals surface area contributed by atoms with Crippen LogP contribution in [0.2, 0.25) is 0 Å². The Bertz CT molecular complexity index is 353. The van der Waals surface area contributed by atoms with Gasteiger partial charge in [-0.2, -0.15) is 10.2 Å².